The van der Waals surface area contributed by atoms with Gasteiger partial charge >= 0.3 is 0 Å². The summed E-state index contributed by atoms with van der Waals surface area (Å²) in [7, 11) is 0. The van der Waals surface area contributed by atoms with Gasteiger partial charge in [0.15, 0.2) is 0 Å². The van der Waals surface area contributed by atoms with Gasteiger partial charge in [-0.1, -0.05) is 18.2 Å². The molecule has 0 radical (unpaired) electrons. The molecule has 0 aliphatic rings. The minimum atomic E-state index is 0.328. The summed E-state index contributed by atoms with van der Waals surface area (Å²) in [5.74, 6) is 0.928. The molecule has 106 valence electrons. The lowest BCUT2D eigenvalue weighted by molar-refractivity contribution is 0.340. The second kappa shape index (κ2) is 7.65. The topological polar surface area (TPSA) is 34.1 Å². The molecule has 0 fully saturated rings. The van der Waals surface area contributed by atoms with E-state index in [1.807, 2.05) is 37.4 Å². The summed E-state index contributed by atoms with van der Waals surface area (Å²) in [5, 5.41) is 3.52. The van der Waals surface area contributed by atoms with E-state index < -0.39 is 0 Å². The molecule has 1 heterocycles. The Hall–Kier alpha value is -1.87. The van der Waals surface area contributed by atoms with E-state index in [4.69, 9.17) is 4.74 Å². The van der Waals surface area contributed by atoms with E-state index in [9.17, 15) is 0 Å². The van der Waals surface area contributed by atoms with Crippen molar-refractivity contribution in [2.75, 3.05) is 13.2 Å². The van der Waals surface area contributed by atoms with E-state index in [-0.39, 0.29) is 0 Å². The summed E-state index contributed by atoms with van der Waals surface area (Å²) in [5.41, 5.74) is 2.40. The lowest BCUT2D eigenvalue weighted by Gasteiger charge is -2.14. The number of pyridine rings is 1. The molecule has 1 aromatic heterocycles. The Morgan fingerprint density at radius 1 is 1.15 bits per heavy atom. The maximum Gasteiger partial charge on any atom is 0.119 e. The van der Waals surface area contributed by atoms with Gasteiger partial charge in [-0.25, -0.2) is 0 Å². The molecular weight excluding hydrogens is 248 g/mol. The van der Waals surface area contributed by atoms with Crippen LogP contribution in [0, 0.1) is 0 Å². The van der Waals surface area contributed by atoms with E-state index in [0.717, 1.165) is 24.4 Å². The maximum absolute atomic E-state index is 5.45. The van der Waals surface area contributed by atoms with Crippen molar-refractivity contribution in [3.8, 4) is 5.75 Å². The van der Waals surface area contributed by atoms with Crippen molar-refractivity contribution in [2.24, 2.45) is 0 Å². The second-order valence-corrected chi connectivity index (χ2v) is 4.75. The highest BCUT2D eigenvalue weighted by atomic mass is 16.5. The monoisotopic (exact) mass is 270 g/mol. The molecule has 1 unspecified atom stereocenters. The third-order valence-electron chi connectivity index (χ3n) is 3.25. The number of rotatable bonds is 7. The first-order valence-corrected chi connectivity index (χ1v) is 7.15. The van der Waals surface area contributed by atoms with Crippen molar-refractivity contribution >= 4 is 0 Å². The molecule has 0 aliphatic carbocycles. The Kier molecular flexibility index (Phi) is 5.56. The molecule has 3 heteroatoms. The zero-order valence-electron chi connectivity index (χ0n) is 12.2. The number of hydrogen-bond acceptors (Lipinski definition) is 3. The number of aromatic nitrogens is 1. The average molecular weight is 270 g/mol. The van der Waals surface area contributed by atoms with Crippen LogP contribution < -0.4 is 10.1 Å². The first-order chi connectivity index (χ1) is 9.79. The van der Waals surface area contributed by atoms with Gasteiger partial charge in [-0.3, -0.25) is 4.98 Å². The van der Waals surface area contributed by atoms with Crippen LogP contribution >= 0.6 is 0 Å². The molecular formula is C17H22N2O. The molecule has 1 aromatic carbocycles. The van der Waals surface area contributed by atoms with E-state index >= 15 is 0 Å². The van der Waals surface area contributed by atoms with Crippen LogP contribution in [-0.4, -0.2) is 18.1 Å². The van der Waals surface area contributed by atoms with Gasteiger partial charge < -0.3 is 10.1 Å². The van der Waals surface area contributed by atoms with Crippen LogP contribution in [0.5, 0.6) is 5.75 Å². The van der Waals surface area contributed by atoms with Crippen LogP contribution in [0.2, 0.25) is 0 Å². The molecule has 0 spiro atoms. The first-order valence-electron chi connectivity index (χ1n) is 7.15. The number of hydrogen-bond donors (Lipinski definition) is 1. The van der Waals surface area contributed by atoms with Crippen molar-refractivity contribution in [3.05, 3.63) is 59.9 Å². The van der Waals surface area contributed by atoms with Crippen LogP contribution in [0.4, 0.5) is 0 Å². The average Bonchev–Trinajstić information content (AvgIpc) is 2.49. The largest absolute Gasteiger partial charge is 0.494 e. The molecule has 20 heavy (non-hydrogen) atoms. The van der Waals surface area contributed by atoms with E-state index in [2.05, 4.69) is 35.4 Å². The highest BCUT2D eigenvalue weighted by molar-refractivity contribution is 5.28. The Bertz CT molecular complexity index is 496. The van der Waals surface area contributed by atoms with Gasteiger partial charge in [0.1, 0.15) is 5.75 Å². The summed E-state index contributed by atoms with van der Waals surface area (Å²) in [6.07, 6.45) is 2.79. The first kappa shape index (κ1) is 14.5. The van der Waals surface area contributed by atoms with Gasteiger partial charge in [0.25, 0.3) is 0 Å². The fourth-order valence-corrected chi connectivity index (χ4v) is 2.10. The van der Waals surface area contributed by atoms with Crippen LogP contribution in [0.3, 0.4) is 0 Å². The van der Waals surface area contributed by atoms with Crippen molar-refractivity contribution in [1.29, 1.82) is 0 Å². The van der Waals surface area contributed by atoms with Gasteiger partial charge in [-0.2, -0.15) is 0 Å². The second-order valence-electron chi connectivity index (χ2n) is 4.75. The van der Waals surface area contributed by atoms with E-state index in [1.165, 1.54) is 5.56 Å². The van der Waals surface area contributed by atoms with Crippen molar-refractivity contribution < 1.29 is 4.74 Å². The Morgan fingerprint density at radius 3 is 2.60 bits per heavy atom. The fourth-order valence-electron chi connectivity index (χ4n) is 2.10. The molecule has 0 saturated heterocycles. The maximum atomic E-state index is 5.45. The van der Waals surface area contributed by atoms with Crippen LogP contribution in [-0.2, 0) is 6.42 Å². The molecule has 1 N–H and O–H groups in total. The minimum Gasteiger partial charge on any atom is -0.494 e. The van der Waals surface area contributed by atoms with Crippen molar-refractivity contribution in [3.63, 3.8) is 0 Å². The molecule has 2 rings (SSSR count). The molecule has 1 atom stereocenters. The molecule has 0 bridgehead atoms. The minimum absolute atomic E-state index is 0.328. The highest BCUT2D eigenvalue weighted by Gasteiger charge is 2.04. The van der Waals surface area contributed by atoms with Gasteiger partial charge in [0.05, 0.1) is 6.61 Å². The lowest BCUT2D eigenvalue weighted by atomic mass is 10.1. The number of benzene rings is 1. The summed E-state index contributed by atoms with van der Waals surface area (Å²) in [6, 6.07) is 14.6. The van der Waals surface area contributed by atoms with Crippen molar-refractivity contribution in [2.45, 2.75) is 26.3 Å². The predicted octanol–water partition coefficient (Wildman–Crippen LogP) is 3.37. The zero-order chi connectivity index (χ0) is 14.2. The third-order valence-corrected chi connectivity index (χ3v) is 3.25. The fraction of sp³-hybridized carbons (Fsp3) is 0.353. The third kappa shape index (κ3) is 4.35. The SMILES string of the molecule is CCOc1ccc(C(C)NCCc2ccccn2)cc1. The van der Waals surface area contributed by atoms with Crippen LogP contribution in [0.25, 0.3) is 0 Å². The van der Waals surface area contributed by atoms with Crippen LogP contribution in [0.1, 0.15) is 31.1 Å². The Balaban J connectivity index is 1.80. The smallest absolute Gasteiger partial charge is 0.119 e. The van der Waals surface area contributed by atoms with E-state index in [0.29, 0.717) is 12.6 Å². The quantitative estimate of drug-likeness (QED) is 0.837. The Morgan fingerprint density at radius 2 is 1.95 bits per heavy atom. The summed E-state index contributed by atoms with van der Waals surface area (Å²) < 4.78 is 5.45. The molecule has 3 nitrogen and oxygen atoms in total. The summed E-state index contributed by atoms with van der Waals surface area (Å²) >= 11 is 0. The number of ether oxygens (including phenoxy) is 1. The normalized spacial score (nSPS) is 12.1. The lowest BCUT2D eigenvalue weighted by Crippen LogP contribution is -2.21. The van der Waals surface area contributed by atoms with E-state index in [1.54, 1.807) is 0 Å². The molecule has 2 aromatic rings. The van der Waals surface area contributed by atoms with Crippen molar-refractivity contribution in [1.82, 2.24) is 10.3 Å². The van der Waals surface area contributed by atoms with Gasteiger partial charge in [-0.15, -0.1) is 0 Å². The Labute approximate surface area is 121 Å². The number of nitrogens with zero attached hydrogens (tertiary/aromatic N) is 1. The zero-order valence-corrected chi connectivity index (χ0v) is 12.2. The van der Waals surface area contributed by atoms with Gasteiger partial charge in [-0.05, 0) is 43.7 Å². The molecule has 0 saturated carbocycles. The molecule has 0 aliphatic heterocycles. The summed E-state index contributed by atoms with van der Waals surface area (Å²) in [4.78, 5) is 4.32. The standard InChI is InChI=1S/C17H22N2O/c1-3-20-17-9-7-15(8-10-17)14(2)18-13-11-16-6-4-5-12-19-16/h4-10,12,14,18H,3,11,13H2,1-2H3. The number of nitrogens with one attached hydrogen (secondary N) is 1. The predicted molar refractivity (Wildman–Crippen MR) is 82.0 cm³/mol. The van der Waals surface area contributed by atoms with Gasteiger partial charge in [0, 0.05) is 30.9 Å². The van der Waals surface area contributed by atoms with Crippen LogP contribution in [0.15, 0.2) is 48.7 Å². The molecule has 0 amide bonds. The summed E-state index contributed by atoms with van der Waals surface area (Å²) in [6.45, 7) is 5.80. The highest BCUT2D eigenvalue weighted by Crippen LogP contribution is 2.17. The van der Waals surface area contributed by atoms with Gasteiger partial charge in [0.2, 0.25) is 0 Å².